The molecule has 2 rings (SSSR count). The second-order valence-corrected chi connectivity index (χ2v) is 9.57. The van der Waals surface area contributed by atoms with Crippen molar-refractivity contribution in [2.75, 3.05) is 12.3 Å². The number of amides is 2. The van der Waals surface area contributed by atoms with E-state index in [1.165, 1.54) is 11.8 Å². The molecule has 0 aromatic heterocycles. The topological polar surface area (TPSA) is 49.4 Å². The third kappa shape index (κ3) is 8.02. The predicted octanol–water partition coefficient (Wildman–Crippen LogP) is 6.26. The first-order valence-corrected chi connectivity index (χ1v) is 12.9. The predicted molar refractivity (Wildman–Crippen MR) is 136 cm³/mol. The first-order valence-electron chi connectivity index (χ1n) is 11.0. The van der Waals surface area contributed by atoms with E-state index in [1.54, 1.807) is 23.1 Å². The lowest BCUT2D eigenvalue weighted by Gasteiger charge is -2.30. The lowest BCUT2D eigenvalue weighted by Crippen LogP contribution is -2.49. The molecule has 0 bridgehead atoms. The minimum Gasteiger partial charge on any atom is -0.354 e. The van der Waals surface area contributed by atoms with Crippen LogP contribution in [0.5, 0.6) is 0 Å². The van der Waals surface area contributed by atoms with Crippen molar-refractivity contribution in [2.24, 2.45) is 0 Å². The number of rotatable bonds is 12. The Bertz CT molecular complexity index is 870. The van der Waals surface area contributed by atoms with Gasteiger partial charge in [-0.25, -0.2) is 0 Å². The van der Waals surface area contributed by atoms with Gasteiger partial charge < -0.3 is 10.2 Å². The van der Waals surface area contributed by atoms with Gasteiger partial charge in [-0.1, -0.05) is 79.4 Å². The SMILES string of the molecule is CCCCNC(=O)C(CC)N(Cc1ccc(C)cc1)C(=O)CSCc1c(Cl)cccc1Cl. The zero-order chi connectivity index (χ0) is 23.5. The second kappa shape index (κ2) is 13.8. The maximum absolute atomic E-state index is 13.3. The van der Waals surface area contributed by atoms with E-state index in [0.717, 1.165) is 29.5 Å². The van der Waals surface area contributed by atoms with E-state index >= 15 is 0 Å². The van der Waals surface area contributed by atoms with Crippen molar-refractivity contribution in [1.29, 1.82) is 0 Å². The summed E-state index contributed by atoms with van der Waals surface area (Å²) in [4.78, 5) is 27.8. The van der Waals surface area contributed by atoms with Crippen LogP contribution in [0.3, 0.4) is 0 Å². The minimum absolute atomic E-state index is 0.0729. The molecule has 32 heavy (non-hydrogen) atoms. The molecule has 174 valence electrons. The molecule has 1 atom stereocenters. The summed E-state index contributed by atoms with van der Waals surface area (Å²) in [6.07, 6.45) is 2.48. The number of unbranched alkanes of at least 4 members (excludes halogenated alkanes) is 1. The van der Waals surface area contributed by atoms with Gasteiger partial charge in [-0.05, 0) is 43.0 Å². The Balaban J connectivity index is 2.13. The number of carbonyl (C=O) groups excluding carboxylic acids is 2. The Morgan fingerprint density at radius 1 is 1.06 bits per heavy atom. The fourth-order valence-corrected chi connectivity index (χ4v) is 4.96. The van der Waals surface area contributed by atoms with E-state index in [4.69, 9.17) is 23.2 Å². The zero-order valence-corrected chi connectivity index (χ0v) is 21.3. The number of hydrogen-bond acceptors (Lipinski definition) is 3. The quantitative estimate of drug-likeness (QED) is 0.354. The van der Waals surface area contributed by atoms with Crippen molar-refractivity contribution >= 4 is 46.8 Å². The molecule has 0 spiro atoms. The summed E-state index contributed by atoms with van der Waals surface area (Å²) in [5, 5.41) is 4.17. The van der Waals surface area contributed by atoms with Gasteiger partial charge in [-0.3, -0.25) is 9.59 Å². The van der Waals surface area contributed by atoms with Crippen molar-refractivity contribution < 1.29 is 9.59 Å². The highest BCUT2D eigenvalue weighted by Crippen LogP contribution is 2.28. The van der Waals surface area contributed by atoms with E-state index in [2.05, 4.69) is 12.2 Å². The lowest BCUT2D eigenvalue weighted by atomic mass is 10.1. The molecule has 0 aliphatic rings. The molecule has 0 saturated carbocycles. The van der Waals surface area contributed by atoms with Crippen LogP contribution >= 0.6 is 35.0 Å². The summed E-state index contributed by atoms with van der Waals surface area (Å²) in [5.41, 5.74) is 2.98. The van der Waals surface area contributed by atoms with Gasteiger partial charge in [0.05, 0.1) is 5.75 Å². The van der Waals surface area contributed by atoms with E-state index in [1.807, 2.05) is 38.1 Å². The number of aryl methyl sites for hydroxylation is 1. The number of nitrogens with one attached hydrogen (secondary N) is 1. The van der Waals surface area contributed by atoms with E-state index < -0.39 is 6.04 Å². The van der Waals surface area contributed by atoms with Crippen molar-refractivity contribution in [2.45, 2.75) is 58.4 Å². The molecule has 2 amide bonds. The smallest absolute Gasteiger partial charge is 0.242 e. The largest absolute Gasteiger partial charge is 0.354 e. The lowest BCUT2D eigenvalue weighted by molar-refractivity contribution is -0.139. The van der Waals surface area contributed by atoms with Crippen LogP contribution in [-0.4, -0.2) is 35.1 Å². The zero-order valence-electron chi connectivity index (χ0n) is 19.0. The number of nitrogens with zero attached hydrogens (tertiary/aromatic N) is 1. The van der Waals surface area contributed by atoms with Crippen LogP contribution in [0.2, 0.25) is 10.0 Å². The molecular formula is C25H32Cl2N2O2S. The monoisotopic (exact) mass is 494 g/mol. The molecule has 0 aliphatic carbocycles. The summed E-state index contributed by atoms with van der Waals surface area (Å²) < 4.78 is 0. The van der Waals surface area contributed by atoms with E-state index in [-0.39, 0.29) is 17.6 Å². The van der Waals surface area contributed by atoms with Crippen molar-refractivity contribution in [3.63, 3.8) is 0 Å². The van der Waals surface area contributed by atoms with Crippen molar-refractivity contribution in [3.8, 4) is 0 Å². The third-order valence-corrected chi connectivity index (χ3v) is 6.87. The van der Waals surface area contributed by atoms with Crippen molar-refractivity contribution in [3.05, 3.63) is 69.2 Å². The van der Waals surface area contributed by atoms with Gasteiger partial charge in [-0.2, -0.15) is 0 Å². The Morgan fingerprint density at radius 2 is 1.72 bits per heavy atom. The van der Waals surface area contributed by atoms with Gasteiger partial charge in [0.2, 0.25) is 11.8 Å². The van der Waals surface area contributed by atoms with Gasteiger partial charge in [0.15, 0.2) is 0 Å². The van der Waals surface area contributed by atoms with E-state index in [0.29, 0.717) is 35.3 Å². The van der Waals surface area contributed by atoms with Crippen molar-refractivity contribution in [1.82, 2.24) is 10.2 Å². The van der Waals surface area contributed by atoms with Crippen LogP contribution in [0.4, 0.5) is 0 Å². The summed E-state index contributed by atoms with van der Waals surface area (Å²) in [6.45, 7) is 7.07. The molecule has 2 aromatic carbocycles. The molecule has 4 nitrogen and oxygen atoms in total. The van der Waals surface area contributed by atoms with Crippen LogP contribution < -0.4 is 5.32 Å². The highest BCUT2D eigenvalue weighted by molar-refractivity contribution is 7.99. The Morgan fingerprint density at radius 3 is 2.31 bits per heavy atom. The molecule has 0 heterocycles. The van der Waals surface area contributed by atoms with Gasteiger partial charge in [0.1, 0.15) is 6.04 Å². The fourth-order valence-electron chi connectivity index (χ4n) is 3.31. The van der Waals surface area contributed by atoms with Crippen LogP contribution in [0.1, 0.15) is 49.8 Å². The van der Waals surface area contributed by atoms with Crippen LogP contribution in [0.15, 0.2) is 42.5 Å². The second-order valence-electron chi connectivity index (χ2n) is 7.77. The summed E-state index contributed by atoms with van der Waals surface area (Å²) >= 11 is 14.0. The van der Waals surface area contributed by atoms with Gasteiger partial charge in [0, 0.05) is 28.9 Å². The molecule has 0 saturated heterocycles. The Labute approximate surface area is 206 Å². The molecule has 7 heteroatoms. The van der Waals surface area contributed by atoms with Gasteiger partial charge in [-0.15, -0.1) is 11.8 Å². The standard InChI is InChI=1S/C25H32Cl2N2O2S/c1-4-6-14-28-25(31)23(5-2)29(15-19-12-10-18(3)11-13-19)24(30)17-32-16-20-21(26)8-7-9-22(20)27/h7-13,23H,4-6,14-17H2,1-3H3,(H,28,31). The van der Waals surface area contributed by atoms with Crippen LogP contribution in [0.25, 0.3) is 0 Å². The molecule has 0 fully saturated rings. The maximum Gasteiger partial charge on any atom is 0.242 e. The molecule has 1 unspecified atom stereocenters. The van der Waals surface area contributed by atoms with E-state index in [9.17, 15) is 9.59 Å². The number of thioether (sulfide) groups is 1. The normalized spacial score (nSPS) is 11.8. The molecule has 0 aliphatic heterocycles. The van der Waals surface area contributed by atoms with Crippen LogP contribution in [-0.2, 0) is 21.9 Å². The third-order valence-electron chi connectivity index (χ3n) is 5.22. The fraction of sp³-hybridized carbons (Fsp3) is 0.440. The highest BCUT2D eigenvalue weighted by Gasteiger charge is 2.28. The number of carbonyl (C=O) groups is 2. The van der Waals surface area contributed by atoms with Gasteiger partial charge >= 0.3 is 0 Å². The Hall–Kier alpha value is -1.69. The van der Waals surface area contributed by atoms with Gasteiger partial charge in [0.25, 0.3) is 0 Å². The number of hydrogen-bond donors (Lipinski definition) is 1. The molecular weight excluding hydrogens is 463 g/mol. The molecule has 1 N–H and O–H groups in total. The average molecular weight is 496 g/mol. The number of halogens is 2. The Kier molecular flexibility index (Phi) is 11.4. The highest BCUT2D eigenvalue weighted by atomic mass is 35.5. The minimum atomic E-state index is -0.509. The summed E-state index contributed by atoms with van der Waals surface area (Å²) in [5.74, 6) is 0.602. The summed E-state index contributed by atoms with van der Waals surface area (Å²) in [7, 11) is 0. The maximum atomic E-state index is 13.3. The molecule has 2 aromatic rings. The first-order chi connectivity index (χ1) is 15.4. The molecule has 0 radical (unpaired) electrons. The number of benzene rings is 2. The van der Waals surface area contributed by atoms with Crippen LogP contribution in [0, 0.1) is 6.92 Å². The first kappa shape index (κ1) is 26.6. The average Bonchev–Trinajstić information content (AvgIpc) is 2.77. The summed E-state index contributed by atoms with van der Waals surface area (Å²) in [6, 6.07) is 12.9.